The van der Waals surface area contributed by atoms with Crippen LogP contribution in [0.5, 0.6) is 5.75 Å². The van der Waals surface area contributed by atoms with Crippen LogP contribution >= 0.6 is 0 Å². The highest BCUT2D eigenvalue weighted by atomic mass is 28.4. The number of methoxy groups -OCH3 is 3. The van der Waals surface area contributed by atoms with Crippen molar-refractivity contribution < 1.29 is 42.4 Å². The third-order valence-corrected chi connectivity index (χ3v) is 14.1. The lowest BCUT2D eigenvalue weighted by atomic mass is 9.76. The number of Topliss-reactive ketones (excluding diaryl/α,β-unsaturated/α-hetero) is 1. The molecule has 1 aliphatic rings. The Labute approximate surface area is 288 Å². The number of carbonyl (C=O) groups excluding carboxylic acids is 2. The minimum absolute atomic E-state index is 0.0381. The Morgan fingerprint density at radius 3 is 2.12 bits per heavy atom. The fourth-order valence-corrected chi connectivity index (χ4v) is 6.54. The van der Waals surface area contributed by atoms with Crippen molar-refractivity contribution in [1.29, 1.82) is 0 Å². The molecule has 0 aliphatic carbocycles. The Kier molecular flexibility index (Phi) is 13.8. The van der Waals surface area contributed by atoms with Crippen LogP contribution in [0.25, 0.3) is 0 Å². The smallest absolute Gasteiger partial charge is 0.330 e. The number of carbonyl (C=O) groups is 2. The van der Waals surface area contributed by atoms with E-state index < -0.39 is 43.5 Å². The molecule has 0 N–H and O–H groups in total. The van der Waals surface area contributed by atoms with Crippen LogP contribution in [0, 0.1) is 5.41 Å². The van der Waals surface area contributed by atoms with E-state index in [1.54, 1.807) is 7.11 Å². The maximum atomic E-state index is 14.2. The number of hydrogen-bond acceptors (Lipinski definition) is 9. The Bertz CT molecular complexity index is 1360. The average Bonchev–Trinajstić information content (AvgIpc) is 3.06. The Hall–Kier alpha value is -2.86. The lowest BCUT2D eigenvalue weighted by Crippen LogP contribution is -2.62. The summed E-state index contributed by atoms with van der Waals surface area (Å²) in [5.41, 5.74) is 1.35. The summed E-state index contributed by atoms with van der Waals surface area (Å²) in [6.45, 7) is 17.6. The minimum atomic E-state index is -2.19. The van der Waals surface area contributed by atoms with E-state index in [1.165, 1.54) is 20.3 Å². The summed E-state index contributed by atoms with van der Waals surface area (Å²) in [4.78, 5) is 26.7. The van der Waals surface area contributed by atoms with Gasteiger partial charge in [-0.25, -0.2) is 4.79 Å². The Morgan fingerprint density at radius 2 is 1.56 bits per heavy atom. The van der Waals surface area contributed by atoms with Crippen molar-refractivity contribution in [1.82, 2.24) is 0 Å². The SMILES string of the molecule is COC(=O)/C=C1\C[C@@H](C[C@@H](OCc2ccc(OC)cc2)[C@@H](C)OCc2ccccc2)OC(OC)(C(C)(C)CO[Si](C)(C)C(C)(C)C)C1=O. The van der Waals surface area contributed by atoms with Gasteiger partial charge in [-0.1, -0.05) is 77.1 Å². The zero-order valence-corrected chi connectivity index (χ0v) is 31.7. The first-order valence-corrected chi connectivity index (χ1v) is 19.5. The molecule has 0 bridgehead atoms. The van der Waals surface area contributed by atoms with Crippen molar-refractivity contribution in [2.75, 3.05) is 27.9 Å². The number of rotatable bonds is 16. The van der Waals surface area contributed by atoms with E-state index in [0.717, 1.165) is 16.9 Å². The second-order valence-corrected chi connectivity index (χ2v) is 19.5. The van der Waals surface area contributed by atoms with E-state index >= 15 is 0 Å². The molecule has 9 nitrogen and oxygen atoms in total. The van der Waals surface area contributed by atoms with E-state index in [1.807, 2.05) is 75.4 Å². The van der Waals surface area contributed by atoms with Crippen molar-refractivity contribution >= 4 is 20.1 Å². The molecule has 2 aromatic rings. The zero-order valence-electron chi connectivity index (χ0n) is 30.7. The molecule has 10 heteroatoms. The molecule has 48 heavy (non-hydrogen) atoms. The molecule has 1 aliphatic heterocycles. The molecule has 1 fully saturated rings. The Morgan fingerprint density at radius 1 is 0.958 bits per heavy atom. The molecule has 0 amide bonds. The molecule has 0 saturated carbocycles. The van der Waals surface area contributed by atoms with Gasteiger partial charge in [0.15, 0.2) is 8.32 Å². The van der Waals surface area contributed by atoms with Crippen LogP contribution in [0.4, 0.5) is 0 Å². The van der Waals surface area contributed by atoms with Gasteiger partial charge in [-0.3, -0.25) is 4.79 Å². The molecular weight excluding hydrogens is 628 g/mol. The summed E-state index contributed by atoms with van der Waals surface area (Å²) in [7, 11) is 2.19. The second-order valence-electron chi connectivity index (χ2n) is 14.7. The predicted octanol–water partition coefficient (Wildman–Crippen LogP) is 7.42. The molecular formula is C38H56O9Si. The quantitative estimate of drug-likeness (QED) is 0.102. The third-order valence-electron chi connectivity index (χ3n) is 9.64. The first-order valence-electron chi connectivity index (χ1n) is 16.6. The highest BCUT2D eigenvalue weighted by Crippen LogP contribution is 2.46. The summed E-state index contributed by atoms with van der Waals surface area (Å²) in [5.74, 6) is -2.01. The van der Waals surface area contributed by atoms with Crippen LogP contribution in [0.3, 0.4) is 0 Å². The van der Waals surface area contributed by atoms with E-state index in [9.17, 15) is 9.59 Å². The molecule has 1 heterocycles. The average molecular weight is 685 g/mol. The highest BCUT2D eigenvalue weighted by molar-refractivity contribution is 6.74. The fraction of sp³-hybridized carbons (Fsp3) is 0.579. The standard InChI is InChI=1S/C38H56O9Si/c1-27(44-24-28-15-13-12-14-16-28)33(45-25-29-17-19-31(41-7)20-18-29)23-32-21-30(22-34(39)42-8)35(40)38(43-9,47-32)37(5,6)26-46-48(10,11)36(2,3)4/h12-20,22,27,32-33H,21,23-26H2,1-11H3/b30-22+/t27-,32+,33-,38?/m1/s1. The molecule has 4 atom stereocenters. The maximum Gasteiger partial charge on any atom is 0.330 e. The molecule has 0 spiro atoms. The number of ketones is 1. The third kappa shape index (κ3) is 9.86. The van der Waals surface area contributed by atoms with Gasteiger partial charge >= 0.3 is 5.97 Å². The maximum absolute atomic E-state index is 14.2. The van der Waals surface area contributed by atoms with Crippen molar-refractivity contribution in [3.05, 3.63) is 77.4 Å². The van der Waals surface area contributed by atoms with Crippen molar-refractivity contribution in [3.63, 3.8) is 0 Å². The zero-order chi connectivity index (χ0) is 35.8. The van der Waals surface area contributed by atoms with Gasteiger partial charge < -0.3 is 32.8 Å². The van der Waals surface area contributed by atoms with Gasteiger partial charge in [-0.2, -0.15) is 0 Å². The van der Waals surface area contributed by atoms with E-state index in [4.69, 9.17) is 32.8 Å². The van der Waals surface area contributed by atoms with Crippen LogP contribution in [0.15, 0.2) is 66.2 Å². The van der Waals surface area contributed by atoms with Gasteiger partial charge in [0.25, 0.3) is 0 Å². The van der Waals surface area contributed by atoms with Gasteiger partial charge in [0.1, 0.15) is 5.75 Å². The lowest BCUT2D eigenvalue weighted by Gasteiger charge is -2.50. The minimum Gasteiger partial charge on any atom is -0.497 e. The largest absolute Gasteiger partial charge is 0.497 e. The summed E-state index contributed by atoms with van der Waals surface area (Å²) in [5, 5.41) is -0.0381. The fourth-order valence-electron chi connectivity index (χ4n) is 5.38. The van der Waals surface area contributed by atoms with Gasteiger partial charge in [0.05, 0.1) is 45.7 Å². The van der Waals surface area contributed by atoms with Crippen molar-refractivity contribution in [2.24, 2.45) is 5.41 Å². The summed E-state index contributed by atoms with van der Waals surface area (Å²) in [6.07, 6.45) is 0.446. The van der Waals surface area contributed by atoms with E-state index in [-0.39, 0.29) is 29.7 Å². The summed E-state index contributed by atoms with van der Waals surface area (Å²) < 4.78 is 42.5. The van der Waals surface area contributed by atoms with Gasteiger partial charge in [-0.05, 0) is 48.3 Å². The van der Waals surface area contributed by atoms with E-state index in [2.05, 4.69) is 33.9 Å². The van der Waals surface area contributed by atoms with Crippen molar-refractivity contribution in [2.45, 2.75) is 110 Å². The highest BCUT2D eigenvalue weighted by Gasteiger charge is 2.58. The number of esters is 1. The first kappa shape index (κ1) is 39.6. The predicted molar refractivity (Wildman–Crippen MR) is 188 cm³/mol. The van der Waals surface area contributed by atoms with Crippen molar-refractivity contribution in [3.8, 4) is 5.75 Å². The monoisotopic (exact) mass is 684 g/mol. The van der Waals surface area contributed by atoms with Gasteiger partial charge in [0.2, 0.25) is 11.6 Å². The first-order chi connectivity index (χ1) is 22.5. The van der Waals surface area contributed by atoms with Gasteiger partial charge in [-0.15, -0.1) is 0 Å². The molecule has 1 saturated heterocycles. The van der Waals surface area contributed by atoms with Crippen LogP contribution in [-0.4, -0.2) is 72.1 Å². The normalized spacial score (nSPS) is 21.2. The van der Waals surface area contributed by atoms with Gasteiger partial charge in [0, 0.05) is 43.6 Å². The number of hydrogen-bond donors (Lipinski definition) is 0. The lowest BCUT2D eigenvalue weighted by molar-refractivity contribution is -0.293. The molecule has 266 valence electrons. The van der Waals surface area contributed by atoms with Crippen LogP contribution in [0.1, 0.15) is 65.5 Å². The molecule has 3 rings (SSSR count). The van der Waals surface area contributed by atoms with Crippen LogP contribution < -0.4 is 4.74 Å². The summed E-state index contributed by atoms with van der Waals surface area (Å²) >= 11 is 0. The second kappa shape index (κ2) is 16.7. The molecule has 2 aromatic carbocycles. The Balaban J connectivity index is 1.95. The molecule has 1 unspecified atom stereocenters. The van der Waals surface area contributed by atoms with E-state index in [0.29, 0.717) is 19.6 Å². The van der Waals surface area contributed by atoms with Crippen LogP contribution in [0.2, 0.25) is 18.1 Å². The number of ether oxygens (including phenoxy) is 6. The molecule has 0 radical (unpaired) electrons. The topological polar surface area (TPSA) is 98.8 Å². The molecule has 0 aromatic heterocycles. The summed E-state index contributed by atoms with van der Waals surface area (Å²) in [6, 6.07) is 17.6. The number of benzene rings is 2. The van der Waals surface area contributed by atoms with Crippen LogP contribution in [-0.2, 0) is 50.9 Å².